The van der Waals surface area contributed by atoms with Gasteiger partial charge in [-0.15, -0.1) is 0 Å². The number of ether oxygens (including phenoxy) is 2. The molecule has 2 saturated heterocycles. The van der Waals surface area contributed by atoms with E-state index in [4.69, 9.17) is 4.74 Å². The topological polar surface area (TPSA) is 76.2 Å². The first-order valence-corrected chi connectivity index (χ1v) is 8.28. The Balaban J connectivity index is 1.73. The standard InChI is InChI=1S/C17H17F3N2O5/c1-26-16-14(19)10(6-11(18)15(16)20)17(25)21-4-2-9(3-5-21)22-12(23)7-27-8-13(22)24/h6,9H,2-5,7-8H2,1H3. The summed E-state index contributed by atoms with van der Waals surface area (Å²) in [6.07, 6.45) is 0.595. The van der Waals surface area contributed by atoms with Crippen molar-refractivity contribution in [3.63, 3.8) is 0 Å². The van der Waals surface area contributed by atoms with Crippen LogP contribution in [0.2, 0.25) is 0 Å². The van der Waals surface area contributed by atoms with Crippen molar-refractivity contribution in [2.24, 2.45) is 0 Å². The first-order chi connectivity index (χ1) is 12.8. The zero-order chi connectivity index (χ0) is 19.7. The van der Waals surface area contributed by atoms with Gasteiger partial charge in [-0.3, -0.25) is 19.3 Å². The van der Waals surface area contributed by atoms with Crippen LogP contribution in [-0.2, 0) is 14.3 Å². The van der Waals surface area contributed by atoms with Crippen molar-refractivity contribution in [1.29, 1.82) is 0 Å². The van der Waals surface area contributed by atoms with Crippen LogP contribution < -0.4 is 4.74 Å². The number of hydrogen-bond acceptors (Lipinski definition) is 5. The molecule has 1 aromatic rings. The molecule has 0 bridgehead atoms. The lowest BCUT2D eigenvalue weighted by Gasteiger charge is -2.38. The van der Waals surface area contributed by atoms with E-state index >= 15 is 0 Å². The highest BCUT2D eigenvalue weighted by Gasteiger charge is 2.36. The molecular formula is C17H17F3N2O5. The Morgan fingerprint density at radius 3 is 2.26 bits per heavy atom. The Morgan fingerprint density at radius 2 is 1.70 bits per heavy atom. The molecular weight excluding hydrogens is 369 g/mol. The summed E-state index contributed by atoms with van der Waals surface area (Å²) in [4.78, 5) is 38.7. The minimum Gasteiger partial charge on any atom is -0.491 e. The number of halogens is 3. The molecule has 0 radical (unpaired) electrons. The van der Waals surface area contributed by atoms with Gasteiger partial charge < -0.3 is 14.4 Å². The molecule has 0 N–H and O–H groups in total. The molecule has 27 heavy (non-hydrogen) atoms. The van der Waals surface area contributed by atoms with Crippen LogP contribution in [0.15, 0.2) is 6.07 Å². The molecule has 2 aliphatic heterocycles. The Kier molecular flexibility index (Phi) is 5.36. The van der Waals surface area contributed by atoms with Crippen LogP contribution >= 0.6 is 0 Å². The third kappa shape index (κ3) is 3.48. The number of hydrogen-bond donors (Lipinski definition) is 0. The van der Waals surface area contributed by atoms with E-state index in [2.05, 4.69) is 4.74 Å². The Morgan fingerprint density at radius 1 is 1.11 bits per heavy atom. The third-order valence-electron chi connectivity index (χ3n) is 4.66. The SMILES string of the molecule is COc1c(F)c(F)cc(C(=O)N2CCC(N3C(=O)COCC3=O)CC2)c1F. The van der Waals surface area contributed by atoms with E-state index in [1.54, 1.807) is 0 Å². The monoisotopic (exact) mass is 386 g/mol. The van der Waals surface area contributed by atoms with Gasteiger partial charge in [0.25, 0.3) is 17.7 Å². The van der Waals surface area contributed by atoms with Crippen LogP contribution in [0.1, 0.15) is 23.2 Å². The highest BCUT2D eigenvalue weighted by molar-refractivity contribution is 5.99. The molecule has 0 aromatic heterocycles. The maximum absolute atomic E-state index is 14.3. The first kappa shape index (κ1) is 19.2. The van der Waals surface area contributed by atoms with Crippen LogP contribution in [0.3, 0.4) is 0 Å². The lowest BCUT2D eigenvalue weighted by molar-refractivity contribution is -0.162. The average Bonchev–Trinajstić information content (AvgIpc) is 2.65. The second kappa shape index (κ2) is 7.55. The van der Waals surface area contributed by atoms with Gasteiger partial charge in [-0.1, -0.05) is 0 Å². The summed E-state index contributed by atoms with van der Waals surface area (Å²) in [7, 11) is 0.969. The molecule has 146 valence electrons. The van der Waals surface area contributed by atoms with Crippen molar-refractivity contribution >= 4 is 17.7 Å². The summed E-state index contributed by atoms with van der Waals surface area (Å²) in [5.74, 6) is -6.83. The number of methoxy groups -OCH3 is 1. The normalized spacial score (nSPS) is 18.8. The molecule has 2 heterocycles. The fourth-order valence-corrected chi connectivity index (χ4v) is 3.32. The van der Waals surface area contributed by atoms with Crippen molar-refractivity contribution in [2.45, 2.75) is 18.9 Å². The van der Waals surface area contributed by atoms with Crippen molar-refractivity contribution in [3.8, 4) is 5.75 Å². The number of likely N-dealkylation sites (tertiary alicyclic amines) is 1. The molecule has 2 aliphatic rings. The number of piperidine rings is 1. The summed E-state index contributed by atoms with van der Waals surface area (Å²) in [5.41, 5.74) is -0.636. The number of carbonyl (C=O) groups is 3. The maximum Gasteiger partial charge on any atom is 0.257 e. The van der Waals surface area contributed by atoms with Gasteiger partial charge in [0, 0.05) is 19.1 Å². The van der Waals surface area contributed by atoms with Crippen molar-refractivity contribution < 1.29 is 37.0 Å². The number of amides is 3. The quantitative estimate of drug-likeness (QED) is 0.575. The molecule has 7 nitrogen and oxygen atoms in total. The van der Waals surface area contributed by atoms with Crippen LogP contribution in [0, 0.1) is 17.5 Å². The molecule has 0 saturated carbocycles. The fourth-order valence-electron chi connectivity index (χ4n) is 3.32. The van der Waals surface area contributed by atoms with Gasteiger partial charge in [-0.2, -0.15) is 4.39 Å². The number of rotatable bonds is 3. The summed E-state index contributed by atoms with van der Waals surface area (Å²) in [5, 5.41) is 0. The van der Waals surface area contributed by atoms with Gasteiger partial charge in [0.05, 0.1) is 12.7 Å². The van der Waals surface area contributed by atoms with Crippen LogP contribution in [0.4, 0.5) is 13.2 Å². The summed E-state index contributed by atoms with van der Waals surface area (Å²) >= 11 is 0. The minimum absolute atomic E-state index is 0.127. The Labute approximate surface area is 152 Å². The molecule has 10 heteroatoms. The number of carbonyl (C=O) groups excluding carboxylic acids is 3. The van der Waals surface area contributed by atoms with E-state index in [1.807, 2.05) is 0 Å². The number of benzene rings is 1. The van der Waals surface area contributed by atoms with E-state index < -0.39 is 46.5 Å². The van der Waals surface area contributed by atoms with Gasteiger partial charge in [-0.05, 0) is 18.9 Å². The zero-order valence-corrected chi connectivity index (χ0v) is 14.5. The Hall–Kier alpha value is -2.62. The van der Waals surface area contributed by atoms with Crippen LogP contribution in [0.25, 0.3) is 0 Å². The smallest absolute Gasteiger partial charge is 0.257 e. The molecule has 1 aromatic carbocycles. The Bertz CT molecular complexity index is 777. The average molecular weight is 386 g/mol. The lowest BCUT2D eigenvalue weighted by atomic mass is 10.0. The van der Waals surface area contributed by atoms with Gasteiger partial charge in [0.1, 0.15) is 13.2 Å². The van der Waals surface area contributed by atoms with Crippen LogP contribution in [-0.4, -0.2) is 67.0 Å². The second-order valence-corrected chi connectivity index (χ2v) is 6.24. The lowest BCUT2D eigenvalue weighted by Crippen LogP contribution is -2.55. The largest absolute Gasteiger partial charge is 0.491 e. The molecule has 0 aliphatic carbocycles. The number of morpholine rings is 1. The highest BCUT2D eigenvalue weighted by atomic mass is 19.2. The zero-order valence-electron chi connectivity index (χ0n) is 14.5. The minimum atomic E-state index is -1.50. The first-order valence-electron chi connectivity index (χ1n) is 8.28. The summed E-state index contributed by atoms with van der Waals surface area (Å²) < 4.78 is 50.8. The van der Waals surface area contributed by atoms with Crippen molar-refractivity contribution in [2.75, 3.05) is 33.4 Å². The van der Waals surface area contributed by atoms with E-state index in [0.717, 1.165) is 12.0 Å². The summed E-state index contributed by atoms with van der Waals surface area (Å²) in [6, 6.07) is 0.110. The molecule has 0 unspecified atom stereocenters. The van der Waals surface area contributed by atoms with Crippen molar-refractivity contribution in [3.05, 3.63) is 29.1 Å². The van der Waals surface area contributed by atoms with E-state index in [1.165, 1.54) is 4.90 Å². The van der Waals surface area contributed by atoms with Gasteiger partial charge in [0.15, 0.2) is 17.4 Å². The molecule has 0 atom stereocenters. The predicted octanol–water partition coefficient (Wildman–Crippen LogP) is 1.10. The van der Waals surface area contributed by atoms with E-state index in [-0.39, 0.29) is 32.3 Å². The van der Waals surface area contributed by atoms with Gasteiger partial charge in [-0.25, -0.2) is 8.78 Å². The summed E-state index contributed by atoms with van der Waals surface area (Å²) in [6.45, 7) is -0.0974. The predicted molar refractivity (Wildman–Crippen MR) is 84.5 cm³/mol. The molecule has 2 fully saturated rings. The van der Waals surface area contributed by atoms with Crippen molar-refractivity contribution in [1.82, 2.24) is 9.80 Å². The van der Waals surface area contributed by atoms with Gasteiger partial charge in [0.2, 0.25) is 5.82 Å². The number of imide groups is 1. The third-order valence-corrected chi connectivity index (χ3v) is 4.66. The van der Waals surface area contributed by atoms with E-state index in [0.29, 0.717) is 18.9 Å². The molecule has 0 spiro atoms. The molecule has 3 amide bonds. The maximum atomic E-state index is 14.3. The van der Waals surface area contributed by atoms with E-state index in [9.17, 15) is 27.6 Å². The second-order valence-electron chi connectivity index (χ2n) is 6.24. The molecule has 3 rings (SSSR count). The van der Waals surface area contributed by atoms with Crippen LogP contribution in [0.5, 0.6) is 5.75 Å². The highest BCUT2D eigenvalue weighted by Crippen LogP contribution is 2.29. The van der Waals surface area contributed by atoms with Gasteiger partial charge >= 0.3 is 0 Å². The fraction of sp³-hybridized carbons (Fsp3) is 0.471. The number of nitrogens with zero attached hydrogens (tertiary/aromatic N) is 2.